The number of likely N-dealkylation sites (N-methyl/N-ethyl adjacent to an activating group) is 1. The molecule has 0 spiro atoms. The maximum absolute atomic E-state index is 6.12. The van der Waals surface area contributed by atoms with Gasteiger partial charge >= 0.3 is 0 Å². The highest BCUT2D eigenvalue weighted by molar-refractivity contribution is 6.31. The lowest BCUT2D eigenvalue weighted by molar-refractivity contribution is 0.218. The number of hydrogen-bond acceptors (Lipinski definition) is 2. The fraction of sp³-hybridized carbons (Fsp3) is 0.500. The fourth-order valence-corrected chi connectivity index (χ4v) is 2.13. The summed E-state index contributed by atoms with van der Waals surface area (Å²) in [4.78, 5) is 2.33. The molecule has 2 rings (SSSR count). The summed E-state index contributed by atoms with van der Waals surface area (Å²) in [7, 11) is 2.13. The molecule has 1 aromatic carbocycles. The predicted octanol–water partition coefficient (Wildman–Crippen LogP) is 2.26. The molecule has 2 nitrogen and oxygen atoms in total. The molecule has 0 aliphatic heterocycles. The van der Waals surface area contributed by atoms with Crippen LogP contribution >= 0.6 is 11.6 Å². The zero-order valence-corrected chi connectivity index (χ0v) is 9.80. The third-order valence-corrected chi connectivity index (χ3v) is 3.75. The Balaban J connectivity index is 2.06. The fourth-order valence-electron chi connectivity index (χ4n) is 1.94. The Morgan fingerprint density at radius 2 is 2.07 bits per heavy atom. The van der Waals surface area contributed by atoms with E-state index in [9.17, 15) is 0 Å². The largest absolute Gasteiger partial charge is 0.329 e. The van der Waals surface area contributed by atoms with Crippen LogP contribution in [0.1, 0.15) is 18.4 Å². The first kappa shape index (κ1) is 10.9. The van der Waals surface area contributed by atoms with Crippen LogP contribution in [0.2, 0.25) is 5.02 Å². The predicted molar refractivity (Wildman–Crippen MR) is 63.9 cm³/mol. The number of hydrogen-bond donors (Lipinski definition) is 1. The molecule has 1 aliphatic carbocycles. The number of rotatable bonds is 4. The van der Waals surface area contributed by atoms with Crippen molar-refractivity contribution < 1.29 is 0 Å². The van der Waals surface area contributed by atoms with Gasteiger partial charge in [0.1, 0.15) is 0 Å². The van der Waals surface area contributed by atoms with Crippen molar-refractivity contribution in [2.24, 2.45) is 5.73 Å². The van der Waals surface area contributed by atoms with Gasteiger partial charge in [0, 0.05) is 23.7 Å². The topological polar surface area (TPSA) is 29.3 Å². The smallest absolute Gasteiger partial charge is 0.0451 e. The monoisotopic (exact) mass is 224 g/mol. The molecule has 0 saturated heterocycles. The van der Waals surface area contributed by atoms with E-state index in [1.54, 1.807) is 0 Å². The second kappa shape index (κ2) is 4.12. The number of benzene rings is 1. The van der Waals surface area contributed by atoms with Gasteiger partial charge in [0.15, 0.2) is 0 Å². The molecule has 1 saturated carbocycles. The summed E-state index contributed by atoms with van der Waals surface area (Å²) >= 11 is 6.12. The van der Waals surface area contributed by atoms with E-state index >= 15 is 0 Å². The van der Waals surface area contributed by atoms with Crippen molar-refractivity contribution in [1.82, 2.24) is 4.90 Å². The molecule has 0 aromatic heterocycles. The lowest BCUT2D eigenvalue weighted by Gasteiger charge is -2.27. The maximum Gasteiger partial charge on any atom is 0.0451 e. The van der Waals surface area contributed by atoms with Crippen LogP contribution in [-0.2, 0) is 6.54 Å². The Hall–Kier alpha value is -0.570. The van der Waals surface area contributed by atoms with Gasteiger partial charge in [-0.15, -0.1) is 0 Å². The first-order valence-corrected chi connectivity index (χ1v) is 5.70. The van der Waals surface area contributed by atoms with Gasteiger partial charge in [-0.2, -0.15) is 0 Å². The van der Waals surface area contributed by atoms with Gasteiger partial charge in [-0.1, -0.05) is 29.8 Å². The van der Waals surface area contributed by atoms with Gasteiger partial charge in [0.2, 0.25) is 0 Å². The molecule has 0 atom stereocenters. The highest BCUT2D eigenvalue weighted by Crippen LogP contribution is 2.40. The van der Waals surface area contributed by atoms with E-state index in [1.165, 1.54) is 18.4 Å². The lowest BCUT2D eigenvalue weighted by atomic mass is 10.1. The Morgan fingerprint density at radius 3 is 2.60 bits per heavy atom. The molecular weight excluding hydrogens is 208 g/mol. The van der Waals surface area contributed by atoms with E-state index in [0.717, 1.165) is 18.1 Å². The van der Waals surface area contributed by atoms with E-state index in [2.05, 4.69) is 18.0 Å². The lowest BCUT2D eigenvalue weighted by Crippen LogP contribution is -2.39. The quantitative estimate of drug-likeness (QED) is 0.850. The molecule has 0 unspecified atom stereocenters. The molecule has 0 heterocycles. The first-order valence-electron chi connectivity index (χ1n) is 5.33. The SMILES string of the molecule is CN(Cc1ccccc1Cl)C1(CN)CC1. The van der Waals surface area contributed by atoms with Crippen LogP contribution in [0.4, 0.5) is 0 Å². The van der Waals surface area contributed by atoms with Crippen LogP contribution in [0.25, 0.3) is 0 Å². The molecule has 82 valence electrons. The van der Waals surface area contributed by atoms with Crippen molar-refractivity contribution in [3.05, 3.63) is 34.9 Å². The standard InChI is InChI=1S/C12H17ClN2/c1-15(12(9-14)6-7-12)8-10-4-2-3-5-11(10)13/h2-5H,6-9,14H2,1H3. The van der Waals surface area contributed by atoms with Crippen LogP contribution in [0, 0.1) is 0 Å². The third-order valence-electron chi connectivity index (χ3n) is 3.38. The normalized spacial score (nSPS) is 18.1. The van der Waals surface area contributed by atoms with Crippen molar-refractivity contribution in [1.29, 1.82) is 0 Å². The Labute approximate surface area is 96.0 Å². The van der Waals surface area contributed by atoms with Crippen LogP contribution in [0.5, 0.6) is 0 Å². The van der Waals surface area contributed by atoms with Crippen LogP contribution in [0.3, 0.4) is 0 Å². The summed E-state index contributed by atoms with van der Waals surface area (Å²) in [6, 6.07) is 8.00. The minimum absolute atomic E-state index is 0.249. The molecular formula is C12H17ClN2. The van der Waals surface area contributed by atoms with Crippen LogP contribution < -0.4 is 5.73 Å². The summed E-state index contributed by atoms with van der Waals surface area (Å²) in [6.07, 6.45) is 2.43. The molecule has 1 fully saturated rings. The summed E-state index contributed by atoms with van der Waals surface area (Å²) in [5, 5.41) is 0.845. The van der Waals surface area contributed by atoms with E-state index < -0.39 is 0 Å². The summed E-state index contributed by atoms with van der Waals surface area (Å²) in [5.74, 6) is 0. The van der Waals surface area contributed by atoms with Crippen LogP contribution in [-0.4, -0.2) is 24.0 Å². The molecule has 1 aliphatic rings. The molecule has 0 amide bonds. The van der Waals surface area contributed by atoms with Crippen molar-refractivity contribution in [3.8, 4) is 0 Å². The molecule has 0 radical (unpaired) electrons. The maximum atomic E-state index is 6.12. The van der Waals surface area contributed by atoms with E-state index in [-0.39, 0.29) is 5.54 Å². The van der Waals surface area contributed by atoms with E-state index in [4.69, 9.17) is 17.3 Å². The van der Waals surface area contributed by atoms with Crippen molar-refractivity contribution in [2.75, 3.05) is 13.6 Å². The van der Waals surface area contributed by atoms with Crippen molar-refractivity contribution >= 4 is 11.6 Å². The van der Waals surface area contributed by atoms with Gasteiger partial charge in [0.05, 0.1) is 0 Å². The average Bonchev–Trinajstić information content (AvgIpc) is 3.02. The Morgan fingerprint density at radius 1 is 1.40 bits per heavy atom. The Kier molecular flexibility index (Phi) is 3.01. The van der Waals surface area contributed by atoms with Gasteiger partial charge in [0.25, 0.3) is 0 Å². The minimum Gasteiger partial charge on any atom is -0.329 e. The highest BCUT2D eigenvalue weighted by atomic mass is 35.5. The Bertz CT molecular complexity index is 347. The molecule has 2 N–H and O–H groups in total. The molecule has 3 heteroatoms. The van der Waals surface area contributed by atoms with Crippen molar-refractivity contribution in [2.45, 2.75) is 24.9 Å². The van der Waals surface area contributed by atoms with Crippen molar-refractivity contribution in [3.63, 3.8) is 0 Å². The van der Waals surface area contributed by atoms with Gasteiger partial charge < -0.3 is 5.73 Å². The number of nitrogens with zero attached hydrogens (tertiary/aromatic N) is 1. The van der Waals surface area contributed by atoms with Gasteiger partial charge in [-0.05, 0) is 31.5 Å². The summed E-state index contributed by atoms with van der Waals surface area (Å²) in [5.41, 5.74) is 7.22. The van der Waals surface area contributed by atoms with Gasteiger partial charge in [-0.25, -0.2) is 0 Å². The van der Waals surface area contributed by atoms with E-state index in [0.29, 0.717) is 0 Å². The number of halogens is 1. The summed E-state index contributed by atoms with van der Waals surface area (Å²) < 4.78 is 0. The molecule has 1 aromatic rings. The summed E-state index contributed by atoms with van der Waals surface area (Å²) in [6.45, 7) is 1.63. The van der Waals surface area contributed by atoms with Gasteiger partial charge in [-0.3, -0.25) is 4.90 Å². The molecule has 15 heavy (non-hydrogen) atoms. The third kappa shape index (κ3) is 2.17. The number of nitrogens with two attached hydrogens (primary N) is 1. The average molecular weight is 225 g/mol. The minimum atomic E-state index is 0.249. The zero-order valence-electron chi connectivity index (χ0n) is 9.04. The zero-order chi connectivity index (χ0) is 10.9. The molecule has 0 bridgehead atoms. The second-order valence-corrected chi connectivity index (χ2v) is 4.78. The van der Waals surface area contributed by atoms with E-state index in [1.807, 2.05) is 18.2 Å². The highest BCUT2D eigenvalue weighted by Gasteiger charge is 2.44. The van der Waals surface area contributed by atoms with Crippen LogP contribution in [0.15, 0.2) is 24.3 Å². The first-order chi connectivity index (χ1) is 7.18. The second-order valence-electron chi connectivity index (χ2n) is 4.38.